The van der Waals surface area contributed by atoms with E-state index in [0.29, 0.717) is 11.3 Å². The number of carbonyl (C=O) groups excluding carboxylic acids is 2. The van der Waals surface area contributed by atoms with Gasteiger partial charge in [0.25, 0.3) is 11.8 Å². The van der Waals surface area contributed by atoms with E-state index in [9.17, 15) is 9.59 Å². The lowest BCUT2D eigenvalue weighted by atomic mass is 9.87. The van der Waals surface area contributed by atoms with Gasteiger partial charge in [-0.05, 0) is 53.3 Å². The van der Waals surface area contributed by atoms with Crippen LogP contribution in [0, 0.1) is 0 Å². The predicted octanol–water partition coefficient (Wildman–Crippen LogP) is 4.88. The van der Waals surface area contributed by atoms with Crippen molar-refractivity contribution in [1.29, 1.82) is 0 Å². The fourth-order valence-corrected chi connectivity index (χ4v) is 3.03. The van der Waals surface area contributed by atoms with Crippen LogP contribution in [0.5, 0.6) is 5.75 Å². The van der Waals surface area contributed by atoms with Crippen LogP contribution in [0.4, 0.5) is 0 Å². The molecule has 31 heavy (non-hydrogen) atoms. The van der Waals surface area contributed by atoms with Gasteiger partial charge >= 0.3 is 0 Å². The van der Waals surface area contributed by atoms with E-state index in [4.69, 9.17) is 4.74 Å². The fourth-order valence-electron chi connectivity index (χ4n) is 3.03. The van der Waals surface area contributed by atoms with Gasteiger partial charge in [0.05, 0.1) is 0 Å². The lowest BCUT2D eigenvalue weighted by molar-refractivity contribution is -0.128. The maximum Gasteiger partial charge on any atom is 0.279 e. The van der Waals surface area contributed by atoms with Crippen molar-refractivity contribution < 1.29 is 14.3 Å². The molecule has 0 fully saturated rings. The minimum absolute atomic E-state index is 0.0467. The van der Waals surface area contributed by atoms with E-state index < -0.39 is 17.9 Å². The standard InChI is InChI=1S/C26H28N2O3/c1-18(31-23-16-14-22(15-17-23)26(2,3)4)24(29)27-28-25(30)21-12-10-20(11-13-21)19-8-6-5-7-9-19/h5-18H,1-4H3,(H,27,29)(H,28,30). The zero-order chi connectivity index (χ0) is 22.4. The summed E-state index contributed by atoms with van der Waals surface area (Å²) in [6.45, 7) is 8.04. The minimum atomic E-state index is -0.763. The van der Waals surface area contributed by atoms with E-state index in [1.165, 1.54) is 5.56 Å². The van der Waals surface area contributed by atoms with E-state index in [0.717, 1.165) is 11.1 Å². The molecule has 3 aromatic carbocycles. The maximum absolute atomic E-state index is 12.3. The van der Waals surface area contributed by atoms with Crippen LogP contribution in [0.2, 0.25) is 0 Å². The first-order valence-corrected chi connectivity index (χ1v) is 10.3. The lowest BCUT2D eigenvalue weighted by Crippen LogP contribution is -2.47. The topological polar surface area (TPSA) is 67.4 Å². The second kappa shape index (κ2) is 9.47. The van der Waals surface area contributed by atoms with Crippen molar-refractivity contribution in [3.8, 4) is 16.9 Å². The van der Waals surface area contributed by atoms with Crippen LogP contribution < -0.4 is 15.6 Å². The number of carbonyl (C=O) groups is 2. The van der Waals surface area contributed by atoms with Crippen molar-refractivity contribution in [2.24, 2.45) is 0 Å². The number of hydrazine groups is 1. The minimum Gasteiger partial charge on any atom is -0.481 e. The zero-order valence-corrected chi connectivity index (χ0v) is 18.3. The van der Waals surface area contributed by atoms with Gasteiger partial charge in [-0.25, -0.2) is 0 Å². The Morgan fingerprint density at radius 3 is 1.94 bits per heavy atom. The van der Waals surface area contributed by atoms with Crippen molar-refractivity contribution in [3.63, 3.8) is 0 Å². The smallest absolute Gasteiger partial charge is 0.279 e. The highest BCUT2D eigenvalue weighted by atomic mass is 16.5. The normalized spacial score (nSPS) is 12.0. The van der Waals surface area contributed by atoms with Gasteiger partial charge in [-0.1, -0.05) is 75.4 Å². The molecule has 0 spiro atoms. The molecule has 0 radical (unpaired) electrons. The molecular weight excluding hydrogens is 388 g/mol. The summed E-state index contributed by atoms with van der Waals surface area (Å²) >= 11 is 0. The molecule has 0 saturated carbocycles. The lowest BCUT2D eigenvalue weighted by Gasteiger charge is -2.20. The fraction of sp³-hybridized carbons (Fsp3) is 0.231. The largest absolute Gasteiger partial charge is 0.481 e. The Morgan fingerprint density at radius 2 is 1.35 bits per heavy atom. The van der Waals surface area contributed by atoms with Gasteiger partial charge in [0.1, 0.15) is 5.75 Å². The second-order valence-electron chi connectivity index (χ2n) is 8.42. The average molecular weight is 417 g/mol. The Morgan fingerprint density at radius 1 is 0.774 bits per heavy atom. The summed E-state index contributed by atoms with van der Waals surface area (Å²) < 4.78 is 5.68. The molecule has 5 nitrogen and oxygen atoms in total. The molecule has 2 amide bonds. The Kier molecular flexibility index (Phi) is 6.75. The highest BCUT2D eigenvalue weighted by Gasteiger charge is 2.17. The molecule has 0 saturated heterocycles. The molecule has 0 heterocycles. The first-order valence-electron chi connectivity index (χ1n) is 10.3. The number of hydrogen-bond acceptors (Lipinski definition) is 3. The molecule has 0 aliphatic carbocycles. The zero-order valence-electron chi connectivity index (χ0n) is 18.3. The molecule has 3 rings (SSSR count). The number of benzene rings is 3. The molecule has 0 aromatic heterocycles. The monoisotopic (exact) mass is 416 g/mol. The summed E-state index contributed by atoms with van der Waals surface area (Å²) in [4.78, 5) is 24.6. The van der Waals surface area contributed by atoms with Gasteiger partial charge in [0.15, 0.2) is 6.10 Å². The molecule has 1 atom stereocenters. The van der Waals surface area contributed by atoms with Crippen LogP contribution in [0.25, 0.3) is 11.1 Å². The highest BCUT2D eigenvalue weighted by Crippen LogP contribution is 2.24. The second-order valence-corrected chi connectivity index (χ2v) is 8.42. The molecule has 5 heteroatoms. The van der Waals surface area contributed by atoms with Crippen molar-refractivity contribution in [3.05, 3.63) is 90.0 Å². The third kappa shape index (κ3) is 5.95. The molecular formula is C26H28N2O3. The molecule has 2 N–H and O–H groups in total. The highest BCUT2D eigenvalue weighted by molar-refractivity contribution is 5.96. The third-order valence-electron chi connectivity index (χ3n) is 4.96. The van der Waals surface area contributed by atoms with Gasteiger partial charge in [-0.2, -0.15) is 0 Å². The van der Waals surface area contributed by atoms with Crippen molar-refractivity contribution >= 4 is 11.8 Å². The molecule has 0 aliphatic rings. The summed E-state index contributed by atoms with van der Waals surface area (Å²) in [6.07, 6.45) is -0.763. The van der Waals surface area contributed by atoms with Crippen LogP contribution in [-0.2, 0) is 10.2 Å². The quantitative estimate of drug-likeness (QED) is 0.583. The van der Waals surface area contributed by atoms with Gasteiger partial charge in [0, 0.05) is 5.56 Å². The van der Waals surface area contributed by atoms with E-state index in [1.807, 2.05) is 66.7 Å². The van der Waals surface area contributed by atoms with Crippen molar-refractivity contribution in [2.75, 3.05) is 0 Å². The van der Waals surface area contributed by atoms with E-state index in [-0.39, 0.29) is 5.41 Å². The molecule has 0 bridgehead atoms. The Labute approximate surface area is 183 Å². The van der Waals surface area contributed by atoms with Crippen molar-refractivity contribution in [2.45, 2.75) is 39.2 Å². The van der Waals surface area contributed by atoms with Gasteiger partial charge in [-0.15, -0.1) is 0 Å². The third-order valence-corrected chi connectivity index (χ3v) is 4.96. The summed E-state index contributed by atoms with van der Waals surface area (Å²) in [5, 5.41) is 0. The number of hydrogen-bond donors (Lipinski definition) is 2. The van der Waals surface area contributed by atoms with Crippen molar-refractivity contribution in [1.82, 2.24) is 10.9 Å². The first kappa shape index (κ1) is 22.1. The summed E-state index contributed by atoms with van der Waals surface area (Å²) in [7, 11) is 0. The number of nitrogens with one attached hydrogen (secondary N) is 2. The number of rotatable bonds is 5. The average Bonchev–Trinajstić information content (AvgIpc) is 2.77. The van der Waals surface area contributed by atoms with E-state index in [2.05, 4.69) is 31.6 Å². The first-order chi connectivity index (χ1) is 14.7. The van der Waals surface area contributed by atoms with E-state index >= 15 is 0 Å². The molecule has 160 valence electrons. The Bertz CT molecular complexity index is 1020. The Hall–Kier alpha value is -3.60. The van der Waals surface area contributed by atoms with E-state index in [1.54, 1.807) is 19.1 Å². The van der Waals surface area contributed by atoms with Gasteiger partial charge in [0.2, 0.25) is 0 Å². The van der Waals surface area contributed by atoms with Crippen LogP contribution in [-0.4, -0.2) is 17.9 Å². The summed E-state index contributed by atoms with van der Waals surface area (Å²) in [6, 6.07) is 24.8. The van der Waals surface area contributed by atoms with Crippen LogP contribution >= 0.6 is 0 Å². The van der Waals surface area contributed by atoms with Gasteiger partial charge < -0.3 is 4.74 Å². The molecule has 1 unspecified atom stereocenters. The molecule has 0 aliphatic heterocycles. The molecule has 3 aromatic rings. The maximum atomic E-state index is 12.3. The predicted molar refractivity (Wildman–Crippen MR) is 123 cm³/mol. The Balaban J connectivity index is 1.52. The number of amides is 2. The van der Waals surface area contributed by atoms with Gasteiger partial charge in [-0.3, -0.25) is 20.4 Å². The SMILES string of the molecule is CC(Oc1ccc(C(C)(C)C)cc1)C(=O)NNC(=O)c1ccc(-c2ccccc2)cc1. The number of ether oxygens (including phenoxy) is 1. The van der Waals surface area contributed by atoms with Crippen LogP contribution in [0.3, 0.4) is 0 Å². The van der Waals surface area contributed by atoms with Crippen LogP contribution in [0.1, 0.15) is 43.6 Å². The van der Waals surface area contributed by atoms with Crippen LogP contribution in [0.15, 0.2) is 78.9 Å². The summed E-state index contributed by atoms with van der Waals surface area (Å²) in [5.41, 5.74) is 8.62. The summed E-state index contributed by atoms with van der Waals surface area (Å²) in [5.74, 6) is -0.234.